The molecule has 1 aromatic heterocycles. The molecule has 0 unspecified atom stereocenters. The number of hydrogen-bond acceptors (Lipinski definition) is 5. The molecule has 0 radical (unpaired) electrons. The van der Waals surface area contributed by atoms with Crippen LogP contribution < -0.4 is 10.2 Å². The molecule has 0 aromatic carbocycles. The van der Waals surface area contributed by atoms with Crippen LogP contribution in [0.25, 0.3) is 0 Å². The van der Waals surface area contributed by atoms with E-state index in [0.717, 1.165) is 19.6 Å². The Labute approximate surface area is 93.4 Å². The van der Waals surface area contributed by atoms with E-state index in [2.05, 4.69) is 22.1 Å². The molecule has 1 aliphatic rings. The van der Waals surface area contributed by atoms with Crippen molar-refractivity contribution in [3.05, 3.63) is 28.4 Å². The van der Waals surface area contributed by atoms with E-state index in [0.29, 0.717) is 11.9 Å². The highest BCUT2D eigenvalue weighted by Crippen LogP contribution is 2.18. The second kappa shape index (κ2) is 4.44. The number of nitrogens with one attached hydrogen (secondary N) is 1. The van der Waals surface area contributed by atoms with Gasteiger partial charge in [0.15, 0.2) is 0 Å². The summed E-state index contributed by atoms with van der Waals surface area (Å²) < 4.78 is 0. The summed E-state index contributed by atoms with van der Waals surface area (Å²) in [5.41, 5.74) is 0.0937. The molecule has 1 atom stereocenters. The van der Waals surface area contributed by atoms with Gasteiger partial charge in [-0.05, 0) is 6.92 Å². The summed E-state index contributed by atoms with van der Waals surface area (Å²) in [6, 6.07) is 3.32. The first-order valence-corrected chi connectivity index (χ1v) is 5.25. The summed E-state index contributed by atoms with van der Waals surface area (Å²) in [4.78, 5) is 16.5. The first kappa shape index (κ1) is 10.8. The van der Waals surface area contributed by atoms with Crippen molar-refractivity contribution in [1.29, 1.82) is 0 Å². The number of rotatable bonds is 2. The Morgan fingerprint density at radius 1 is 1.69 bits per heavy atom. The largest absolute Gasteiger partial charge is 0.354 e. The highest BCUT2D eigenvalue weighted by Gasteiger charge is 2.18. The predicted octanol–water partition coefficient (Wildman–Crippen LogP) is 0.788. The molecular formula is C10H14N4O2. The summed E-state index contributed by atoms with van der Waals surface area (Å²) in [7, 11) is 0. The van der Waals surface area contributed by atoms with Crippen LogP contribution in [0.5, 0.6) is 0 Å². The lowest BCUT2D eigenvalue weighted by molar-refractivity contribution is -0.384. The number of nitrogens with zero attached hydrogens (tertiary/aromatic N) is 3. The van der Waals surface area contributed by atoms with Crippen molar-refractivity contribution in [2.75, 3.05) is 24.5 Å². The molecule has 6 heteroatoms. The van der Waals surface area contributed by atoms with Gasteiger partial charge in [0.2, 0.25) is 0 Å². The van der Waals surface area contributed by atoms with Gasteiger partial charge in [-0.1, -0.05) is 0 Å². The third kappa shape index (κ3) is 2.27. The Balaban J connectivity index is 2.19. The number of pyridine rings is 1. The molecular weight excluding hydrogens is 208 g/mol. The van der Waals surface area contributed by atoms with Crippen LogP contribution in [0.1, 0.15) is 6.92 Å². The molecule has 6 nitrogen and oxygen atoms in total. The van der Waals surface area contributed by atoms with Crippen LogP contribution in [0.4, 0.5) is 11.5 Å². The first-order chi connectivity index (χ1) is 7.66. The molecule has 2 rings (SSSR count). The fourth-order valence-corrected chi connectivity index (χ4v) is 1.83. The Morgan fingerprint density at radius 2 is 2.50 bits per heavy atom. The summed E-state index contributed by atoms with van der Waals surface area (Å²) in [5, 5.41) is 14.0. The highest BCUT2D eigenvalue weighted by atomic mass is 16.6. The fraction of sp³-hybridized carbons (Fsp3) is 0.500. The number of nitro groups is 1. The van der Waals surface area contributed by atoms with Crippen LogP contribution in [0, 0.1) is 10.1 Å². The molecule has 86 valence electrons. The minimum absolute atomic E-state index is 0.0937. The SMILES string of the molecule is C[C@@H]1CN(c2cc([N+](=O)[O-])ccn2)CCN1. The molecule has 1 saturated heterocycles. The highest BCUT2D eigenvalue weighted by molar-refractivity contribution is 5.47. The maximum Gasteiger partial charge on any atom is 0.274 e. The Hall–Kier alpha value is -1.69. The van der Waals surface area contributed by atoms with E-state index in [1.807, 2.05) is 0 Å². The Morgan fingerprint density at radius 3 is 3.19 bits per heavy atom. The normalized spacial score (nSPS) is 20.8. The van der Waals surface area contributed by atoms with Crippen LogP contribution in [-0.4, -0.2) is 35.6 Å². The maximum absolute atomic E-state index is 10.6. The van der Waals surface area contributed by atoms with Gasteiger partial charge < -0.3 is 10.2 Å². The van der Waals surface area contributed by atoms with Gasteiger partial charge in [-0.3, -0.25) is 10.1 Å². The smallest absolute Gasteiger partial charge is 0.274 e. The topological polar surface area (TPSA) is 71.3 Å². The Bertz CT molecular complexity index is 396. The lowest BCUT2D eigenvalue weighted by Crippen LogP contribution is -2.49. The predicted molar refractivity (Wildman–Crippen MR) is 60.6 cm³/mol. The van der Waals surface area contributed by atoms with Gasteiger partial charge in [-0.25, -0.2) is 4.98 Å². The molecule has 1 N–H and O–H groups in total. The second-order valence-corrected chi connectivity index (χ2v) is 3.93. The van der Waals surface area contributed by atoms with Crippen LogP contribution >= 0.6 is 0 Å². The molecule has 0 spiro atoms. The minimum Gasteiger partial charge on any atom is -0.354 e. The Kier molecular flexibility index (Phi) is 3.00. The summed E-state index contributed by atoms with van der Waals surface area (Å²) in [6.07, 6.45) is 1.49. The standard InChI is InChI=1S/C10H14N4O2/c1-8-7-13(5-4-11-8)10-6-9(14(15)16)2-3-12-10/h2-3,6,8,11H,4-5,7H2,1H3/t8-/m1/s1. The van der Waals surface area contributed by atoms with E-state index in [4.69, 9.17) is 0 Å². The maximum atomic E-state index is 10.6. The van der Waals surface area contributed by atoms with Gasteiger partial charge in [0.25, 0.3) is 5.69 Å². The zero-order valence-corrected chi connectivity index (χ0v) is 9.09. The number of anilines is 1. The zero-order chi connectivity index (χ0) is 11.5. The van der Waals surface area contributed by atoms with E-state index in [9.17, 15) is 10.1 Å². The zero-order valence-electron chi connectivity index (χ0n) is 9.09. The van der Waals surface area contributed by atoms with E-state index >= 15 is 0 Å². The molecule has 0 amide bonds. The quantitative estimate of drug-likeness (QED) is 0.591. The number of hydrogen-bond donors (Lipinski definition) is 1. The molecule has 1 fully saturated rings. The lowest BCUT2D eigenvalue weighted by Gasteiger charge is -2.32. The van der Waals surface area contributed by atoms with Crippen molar-refractivity contribution in [1.82, 2.24) is 10.3 Å². The third-order valence-electron chi connectivity index (χ3n) is 2.63. The van der Waals surface area contributed by atoms with Gasteiger partial charge in [0.05, 0.1) is 11.0 Å². The van der Waals surface area contributed by atoms with Crippen LogP contribution in [0.2, 0.25) is 0 Å². The van der Waals surface area contributed by atoms with Gasteiger partial charge in [-0.15, -0.1) is 0 Å². The average molecular weight is 222 g/mol. The van der Waals surface area contributed by atoms with Gasteiger partial charge in [0, 0.05) is 37.9 Å². The van der Waals surface area contributed by atoms with Crippen LogP contribution in [0.15, 0.2) is 18.3 Å². The third-order valence-corrected chi connectivity index (χ3v) is 2.63. The van der Waals surface area contributed by atoms with E-state index < -0.39 is 4.92 Å². The summed E-state index contributed by atoms with van der Waals surface area (Å²) in [6.45, 7) is 4.63. The molecule has 1 aromatic rings. The monoisotopic (exact) mass is 222 g/mol. The molecule has 1 aliphatic heterocycles. The van der Waals surface area contributed by atoms with E-state index in [1.54, 1.807) is 0 Å². The minimum atomic E-state index is -0.392. The second-order valence-electron chi connectivity index (χ2n) is 3.93. The van der Waals surface area contributed by atoms with Crippen molar-refractivity contribution in [3.63, 3.8) is 0 Å². The van der Waals surface area contributed by atoms with Crippen molar-refractivity contribution in [3.8, 4) is 0 Å². The van der Waals surface area contributed by atoms with Gasteiger partial charge >= 0.3 is 0 Å². The van der Waals surface area contributed by atoms with Crippen molar-refractivity contribution in [2.45, 2.75) is 13.0 Å². The van der Waals surface area contributed by atoms with Gasteiger partial charge in [-0.2, -0.15) is 0 Å². The van der Waals surface area contributed by atoms with Crippen LogP contribution in [0.3, 0.4) is 0 Å². The molecule has 16 heavy (non-hydrogen) atoms. The lowest BCUT2D eigenvalue weighted by atomic mass is 10.2. The fourth-order valence-electron chi connectivity index (χ4n) is 1.83. The molecule has 0 aliphatic carbocycles. The average Bonchev–Trinajstić information content (AvgIpc) is 2.29. The summed E-state index contributed by atoms with van der Waals surface area (Å²) >= 11 is 0. The van der Waals surface area contributed by atoms with Crippen LogP contribution in [-0.2, 0) is 0 Å². The van der Waals surface area contributed by atoms with Gasteiger partial charge in [0.1, 0.15) is 5.82 Å². The van der Waals surface area contributed by atoms with E-state index in [1.165, 1.54) is 18.3 Å². The summed E-state index contributed by atoms with van der Waals surface area (Å²) in [5.74, 6) is 0.683. The number of piperazine rings is 1. The molecule has 0 bridgehead atoms. The number of aromatic nitrogens is 1. The van der Waals surface area contributed by atoms with Crippen molar-refractivity contribution >= 4 is 11.5 Å². The molecule has 0 saturated carbocycles. The first-order valence-electron chi connectivity index (χ1n) is 5.25. The van der Waals surface area contributed by atoms with Crippen molar-refractivity contribution < 1.29 is 4.92 Å². The molecule has 2 heterocycles. The van der Waals surface area contributed by atoms with Crippen molar-refractivity contribution in [2.24, 2.45) is 0 Å². The van der Waals surface area contributed by atoms with E-state index in [-0.39, 0.29) is 5.69 Å².